The Bertz CT molecular complexity index is 495. The fraction of sp³-hybridized carbons (Fsp3) is 0.182. The van der Waals surface area contributed by atoms with Crippen LogP contribution in [0.25, 0.3) is 0 Å². The van der Waals surface area contributed by atoms with Gasteiger partial charge in [-0.05, 0) is 6.07 Å². The molecule has 1 aliphatic rings. The maximum Gasteiger partial charge on any atom is 0.308 e. The molecular weight excluding hydrogens is 224 g/mol. The summed E-state index contributed by atoms with van der Waals surface area (Å²) in [5.74, 6) is -1.53. The van der Waals surface area contributed by atoms with Gasteiger partial charge in [0.2, 0.25) is 17.4 Å². The van der Waals surface area contributed by atoms with Gasteiger partial charge in [-0.2, -0.15) is 0 Å². The van der Waals surface area contributed by atoms with E-state index in [2.05, 4.69) is 4.98 Å². The Labute approximate surface area is 97.0 Å². The van der Waals surface area contributed by atoms with Crippen LogP contribution in [0.1, 0.15) is 18.6 Å². The third-order valence-corrected chi connectivity index (χ3v) is 2.16. The summed E-state index contributed by atoms with van der Waals surface area (Å²) in [6.45, 7) is 1.19. The van der Waals surface area contributed by atoms with Crippen LogP contribution in [-0.2, 0) is 19.1 Å². The Morgan fingerprint density at radius 2 is 2.35 bits per heavy atom. The molecule has 0 fully saturated rings. The topological polar surface area (TPSA) is 91.5 Å². The van der Waals surface area contributed by atoms with Crippen molar-refractivity contribution in [3.8, 4) is 0 Å². The van der Waals surface area contributed by atoms with E-state index in [9.17, 15) is 9.59 Å². The molecule has 1 atom stereocenters. The number of rotatable bonds is 2. The van der Waals surface area contributed by atoms with Crippen LogP contribution in [0.4, 0.5) is 0 Å². The van der Waals surface area contributed by atoms with Crippen LogP contribution in [0, 0.1) is 0 Å². The van der Waals surface area contributed by atoms with Crippen molar-refractivity contribution in [1.82, 2.24) is 4.98 Å². The Morgan fingerprint density at radius 3 is 2.94 bits per heavy atom. The fourth-order valence-corrected chi connectivity index (χ4v) is 1.47. The number of Topliss-reactive ketones (excluding diaryl/α,β-unsaturated/α-hetero) is 1. The highest BCUT2D eigenvalue weighted by molar-refractivity contribution is 6.01. The zero-order chi connectivity index (χ0) is 12.4. The van der Waals surface area contributed by atoms with E-state index in [4.69, 9.17) is 15.2 Å². The molecule has 1 aromatic rings. The van der Waals surface area contributed by atoms with E-state index in [1.807, 2.05) is 0 Å². The van der Waals surface area contributed by atoms with Gasteiger partial charge in [0.1, 0.15) is 0 Å². The lowest BCUT2D eigenvalue weighted by atomic mass is 10.1. The summed E-state index contributed by atoms with van der Waals surface area (Å²) in [7, 11) is 0. The molecule has 6 heteroatoms. The summed E-state index contributed by atoms with van der Waals surface area (Å²) >= 11 is 0. The Kier molecular flexibility index (Phi) is 2.78. The van der Waals surface area contributed by atoms with E-state index >= 15 is 0 Å². The van der Waals surface area contributed by atoms with Crippen LogP contribution in [0.2, 0.25) is 0 Å². The number of ketones is 1. The van der Waals surface area contributed by atoms with Gasteiger partial charge in [-0.3, -0.25) is 14.6 Å². The lowest BCUT2D eigenvalue weighted by Crippen LogP contribution is -2.13. The standard InChI is InChI=1S/C11H10N2O4/c1-6(14)16-10-8(15)9(17-11(10)12)7-3-2-4-13-5-7/h2-5,9H,12H2,1H3. The highest BCUT2D eigenvalue weighted by Gasteiger charge is 2.37. The van der Waals surface area contributed by atoms with E-state index in [-0.39, 0.29) is 11.6 Å². The largest absolute Gasteiger partial charge is 0.460 e. The van der Waals surface area contributed by atoms with Crippen molar-refractivity contribution >= 4 is 11.8 Å². The first-order chi connectivity index (χ1) is 8.09. The van der Waals surface area contributed by atoms with E-state index < -0.39 is 17.9 Å². The summed E-state index contributed by atoms with van der Waals surface area (Å²) in [5.41, 5.74) is 6.04. The molecule has 0 bridgehead atoms. The molecule has 0 aliphatic carbocycles. The van der Waals surface area contributed by atoms with Gasteiger partial charge in [-0.1, -0.05) is 6.07 Å². The number of aromatic nitrogens is 1. The number of hydrogen-bond acceptors (Lipinski definition) is 6. The number of pyridine rings is 1. The van der Waals surface area contributed by atoms with E-state index in [0.29, 0.717) is 5.56 Å². The van der Waals surface area contributed by atoms with Gasteiger partial charge in [-0.25, -0.2) is 0 Å². The van der Waals surface area contributed by atoms with E-state index in [1.54, 1.807) is 18.3 Å². The number of carbonyl (C=O) groups excluding carboxylic acids is 2. The molecular formula is C11H10N2O4. The van der Waals surface area contributed by atoms with Crippen molar-refractivity contribution in [2.24, 2.45) is 5.73 Å². The third kappa shape index (κ3) is 2.10. The fourth-order valence-electron chi connectivity index (χ4n) is 1.47. The number of ether oxygens (including phenoxy) is 2. The molecule has 0 amide bonds. The molecule has 1 aromatic heterocycles. The summed E-state index contributed by atoms with van der Waals surface area (Å²) in [4.78, 5) is 26.6. The molecule has 1 unspecified atom stereocenters. The number of hydrogen-bond donors (Lipinski definition) is 1. The van der Waals surface area contributed by atoms with Crippen molar-refractivity contribution < 1.29 is 19.1 Å². The predicted molar refractivity (Wildman–Crippen MR) is 56.0 cm³/mol. The van der Waals surface area contributed by atoms with Crippen LogP contribution in [0.3, 0.4) is 0 Å². The maximum atomic E-state index is 11.9. The highest BCUT2D eigenvalue weighted by atomic mass is 16.6. The van der Waals surface area contributed by atoms with Crippen molar-refractivity contribution in [1.29, 1.82) is 0 Å². The summed E-state index contributed by atoms with van der Waals surface area (Å²) in [6.07, 6.45) is 2.18. The Balaban J connectivity index is 2.24. The van der Waals surface area contributed by atoms with Crippen LogP contribution in [0.5, 0.6) is 0 Å². The molecule has 0 spiro atoms. The first-order valence-corrected chi connectivity index (χ1v) is 4.88. The number of carbonyl (C=O) groups is 2. The number of nitrogens with two attached hydrogens (primary N) is 1. The zero-order valence-electron chi connectivity index (χ0n) is 9.04. The molecule has 6 nitrogen and oxygen atoms in total. The van der Waals surface area contributed by atoms with Gasteiger partial charge >= 0.3 is 5.97 Å². The van der Waals surface area contributed by atoms with Gasteiger partial charge in [0.05, 0.1) is 0 Å². The van der Waals surface area contributed by atoms with Crippen LogP contribution in [0.15, 0.2) is 36.2 Å². The minimum atomic E-state index is -0.891. The first-order valence-electron chi connectivity index (χ1n) is 4.88. The monoisotopic (exact) mass is 234 g/mol. The van der Waals surface area contributed by atoms with E-state index in [1.165, 1.54) is 13.1 Å². The first kappa shape index (κ1) is 11.1. The zero-order valence-corrected chi connectivity index (χ0v) is 9.04. The van der Waals surface area contributed by atoms with Crippen molar-refractivity contribution in [2.45, 2.75) is 13.0 Å². The van der Waals surface area contributed by atoms with Gasteiger partial charge in [0, 0.05) is 24.9 Å². The molecule has 2 heterocycles. The molecule has 0 radical (unpaired) electrons. The lowest BCUT2D eigenvalue weighted by molar-refractivity contribution is -0.140. The molecule has 88 valence electrons. The van der Waals surface area contributed by atoms with Crippen molar-refractivity contribution in [2.75, 3.05) is 0 Å². The van der Waals surface area contributed by atoms with E-state index in [0.717, 1.165) is 0 Å². The summed E-state index contributed by atoms with van der Waals surface area (Å²) < 4.78 is 9.87. The SMILES string of the molecule is CC(=O)OC1=C(N)OC(c2cccnc2)C1=O. The normalized spacial score (nSPS) is 19.1. The molecule has 1 aliphatic heterocycles. The molecule has 2 rings (SSSR count). The molecule has 2 N–H and O–H groups in total. The molecule has 0 saturated carbocycles. The van der Waals surface area contributed by atoms with Gasteiger partial charge in [0.15, 0.2) is 6.10 Å². The second kappa shape index (κ2) is 4.25. The van der Waals surface area contributed by atoms with Gasteiger partial charge < -0.3 is 15.2 Å². The van der Waals surface area contributed by atoms with Crippen LogP contribution < -0.4 is 5.73 Å². The average molecular weight is 234 g/mol. The number of esters is 1. The summed E-state index contributed by atoms with van der Waals surface area (Å²) in [5, 5.41) is 0. The minimum absolute atomic E-state index is 0.181. The number of nitrogens with zero attached hydrogens (tertiary/aromatic N) is 1. The molecule has 17 heavy (non-hydrogen) atoms. The molecule has 0 saturated heterocycles. The summed E-state index contributed by atoms with van der Waals surface area (Å²) in [6, 6.07) is 3.35. The Morgan fingerprint density at radius 1 is 1.59 bits per heavy atom. The Hall–Kier alpha value is -2.37. The minimum Gasteiger partial charge on any atom is -0.460 e. The van der Waals surface area contributed by atoms with Crippen molar-refractivity contribution in [3.63, 3.8) is 0 Å². The van der Waals surface area contributed by atoms with Crippen LogP contribution in [-0.4, -0.2) is 16.7 Å². The lowest BCUT2D eigenvalue weighted by Gasteiger charge is -2.08. The third-order valence-electron chi connectivity index (χ3n) is 2.16. The second-order valence-electron chi connectivity index (χ2n) is 3.44. The highest BCUT2D eigenvalue weighted by Crippen LogP contribution is 2.30. The molecule has 0 aromatic carbocycles. The average Bonchev–Trinajstić information content (AvgIpc) is 2.58. The van der Waals surface area contributed by atoms with Crippen LogP contribution >= 0.6 is 0 Å². The predicted octanol–water partition coefficient (Wildman–Crippen LogP) is 0.413. The second-order valence-corrected chi connectivity index (χ2v) is 3.44. The smallest absolute Gasteiger partial charge is 0.308 e. The van der Waals surface area contributed by atoms with Crippen molar-refractivity contribution in [3.05, 3.63) is 41.7 Å². The van der Waals surface area contributed by atoms with Gasteiger partial charge in [0.25, 0.3) is 0 Å². The maximum absolute atomic E-state index is 11.9. The van der Waals surface area contributed by atoms with Gasteiger partial charge in [-0.15, -0.1) is 0 Å². The quantitative estimate of drug-likeness (QED) is 0.745.